The van der Waals surface area contributed by atoms with Crippen LogP contribution in [0.2, 0.25) is 0 Å². The molecule has 0 radical (unpaired) electrons. The molecule has 0 aliphatic carbocycles. The van der Waals surface area contributed by atoms with E-state index in [1.165, 1.54) is 6.07 Å². The zero-order valence-corrected chi connectivity index (χ0v) is 13.2. The number of rotatable bonds is 4. The van der Waals surface area contributed by atoms with E-state index in [4.69, 9.17) is 4.42 Å². The van der Waals surface area contributed by atoms with Gasteiger partial charge in [-0.2, -0.15) is 0 Å². The molecule has 3 rings (SSSR count). The first-order valence-corrected chi connectivity index (χ1v) is 7.58. The van der Waals surface area contributed by atoms with E-state index >= 15 is 0 Å². The van der Waals surface area contributed by atoms with E-state index in [2.05, 4.69) is 28.2 Å². The summed E-state index contributed by atoms with van der Waals surface area (Å²) in [6.07, 6.45) is 0. The maximum Gasteiger partial charge on any atom is 0.137 e. The number of fused-ring (bicyclic) bond motifs is 1. The Morgan fingerprint density at radius 3 is 2.76 bits per heavy atom. The van der Waals surface area contributed by atoms with Crippen LogP contribution >= 0.6 is 15.9 Å². The van der Waals surface area contributed by atoms with Gasteiger partial charge in [0.1, 0.15) is 17.2 Å². The summed E-state index contributed by atoms with van der Waals surface area (Å²) >= 11 is 3.20. The van der Waals surface area contributed by atoms with Crippen molar-refractivity contribution in [2.45, 2.75) is 19.5 Å². The maximum atomic E-state index is 13.2. The van der Waals surface area contributed by atoms with Gasteiger partial charge in [-0.3, -0.25) is 0 Å². The van der Waals surface area contributed by atoms with Crippen molar-refractivity contribution in [1.29, 1.82) is 0 Å². The van der Waals surface area contributed by atoms with Gasteiger partial charge in [-0.15, -0.1) is 0 Å². The molecule has 0 bridgehead atoms. The second-order valence-electron chi connectivity index (χ2n) is 5.04. The summed E-state index contributed by atoms with van der Waals surface area (Å²) in [6, 6.07) is 15.1. The lowest BCUT2D eigenvalue weighted by Gasteiger charge is -2.11. The molecule has 1 aromatic heterocycles. The second-order valence-corrected chi connectivity index (χ2v) is 5.89. The minimum atomic E-state index is -0.246. The van der Waals surface area contributed by atoms with Crippen LogP contribution in [0.3, 0.4) is 0 Å². The molecule has 1 atom stereocenters. The Morgan fingerprint density at radius 2 is 2.00 bits per heavy atom. The first kappa shape index (κ1) is 14.3. The number of hydrogen-bond donors (Lipinski definition) is 1. The molecule has 3 aromatic rings. The van der Waals surface area contributed by atoms with Gasteiger partial charge < -0.3 is 9.73 Å². The SMILES string of the molecule is CC(NCc1ccc(F)c(Br)c1)c1cc2ccccc2o1. The molecule has 1 N–H and O–H groups in total. The highest BCUT2D eigenvalue weighted by atomic mass is 79.9. The number of halogens is 2. The highest BCUT2D eigenvalue weighted by Gasteiger charge is 2.11. The molecule has 2 aromatic carbocycles. The molecule has 2 nitrogen and oxygen atoms in total. The molecule has 0 aliphatic rings. The Hall–Kier alpha value is -1.65. The Kier molecular flexibility index (Phi) is 4.08. The van der Waals surface area contributed by atoms with Crippen LogP contribution in [0.1, 0.15) is 24.3 Å². The van der Waals surface area contributed by atoms with Gasteiger partial charge >= 0.3 is 0 Å². The van der Waals surface area contributed by atoms with E-state index in [1.807, 2.05) is 30.3 Å². The predicted molar refractivity (Wildman–Crippen MR) is 85.6 cm³/mol. The monoisotopic (exact) mass is 347 g/mol. The zero-order valence-electron chi connectivity index (χ0n) is 11.6. The number of para-hydroxylation sites is 1. The fourth-order valence-electron chi connectivity index (χ4n) is 2.24. The van der Waals surface area contributed by atoms with Gasteiger partial charge in [0.15, 0.2) is 0 Å². The van der Waals surface area contributed by atoms with Crippen molar-refractivity contribution in [3.63, 3.8) is 0 Å². The van der Waals surface area contributed by atoms with Gasteiger partial charge in [-0.05, 0) is 52.7 Å². The summed E-state index contributed by atoms with van der Waals surface area (Å²) in [6.45, 7) is 2.70. The van der Waals surface area contributed by atoms with Crippen LogP contribution in [0.5, 0.6) is 0 Å². The molecular weight excluding hydrogens is 333 g/mol. The van der Waals surface area contributed by atoms with Crippen LogP contribution in [0, 0.1) is 5.82 Å². The third-order valence-corrected chi connectivity index (χ3v) is 4.08. The quantitative estimate of drug-likeness (QED) is 0.702. The third kappa shape index (κ3) is 3.17. The highest BCUT2D eigenvalue weighted by Crippen LogP contribution is 2.24. The van der Waals surface area contributed by atoms with Crippen molar-refractivity contribution >= 4 is 26.9 Å². The highest BCUT2D eigenvalue weighted by molar-refractivity contribution is 9.10. The first-order valence-electron chi connectivity index (χ1n) is 6.79. The average molecular weight is 348 g/mol. The van der Waals surface area contributed by atoms with Crippen molar-refractivity contribution in [2.75, 3.05) is 0 Å². The van der Waals surface area contributed by atoms with E-state index in [9.17, 15) is 4.39 Å². The fraction of sp³-hybridized carbons (Fsp3) is 0.176. The van der Waals surface area contributed by atoms with Crippen molar-refractivity contribution in [2.24, 2.45) is 0 Å². The summed E-state index contributed by atoms with van der Waals surface area (Å²) in [5, 5.41) is 4.49. The Labute approximate surface area is 131 Å². The summed E-state index contributed by atoms with van der Waals surface area (Å²) in [7, 11) is 0. The minimum Gasteiger partial charge on any atom is -0.459 e. The van der Waals surface area contributed by atoms with E-state index in [1.54, 1.807) is 12.1 Å². The van der Waals surface area contributed by atoms with Crippen LogP contribution in [0.15, 0.2) is 57.4 Å². The van der Waals surface area contributed by atoms with E-state index in [0.717, 1.165) is 22.3 Å². The second kappa shape index (κ2) is 6.00. The molecule has 21 heavy (non-hydrogen) atoms. The minimum absolute atomic E-state index is 0.0845. The molecule has 0 saturated heterocycles. The first-order chi connectivity index (χ1) is 10.1. The Bertz CT molecular complexity index is 735. The molecule has 4 heteroatoms. The molecule has 0 fully saturated rings. The normalized spacial score (nSPS) is 12.7. The van der Waals surface area contributed by atoms with Gasteiger partial charge in [0.05, 0.1) is 10.5 Å². The van der Waals surface area contributed by atoms with Gasteiger partial charge in [-0.25, -0.2) is 4.39 Å². The van der Waals surface area contributed by atoms with Gasteiger partial charge in [0.25, 0.3) is 0 Å². The lowest BCUT2D eigenvalue weighted by molar-refractivity contribution is 0.450. The molecule has 1 heterocycles. The van der Waals surface area contributed by atoms with Gasteiger partial charge in [-0.1, -0.05) is 24.3 Å². The summed E-state index contributed by atoms with van der Waals surface area (Å²) in [5.41, 5.74) is 1.91. The average Bonchev–Trinajstić information content (AvgIpc) is 2.92. The molecule has 0 amide bonds. The van der Waals surface area contributed by atoms with E-state index in [-0.39, 0.29) is 11.9 Å². The number of furan rings is 1. The van der Waals surface area contributed by atoms with Crippen LogP contribution in [0.25, 0.3) is 11.0 Å². The third-order valence-electron chi connectivity index (χ3n) is 3.47. The van der Waals surface area contributed by atoms with E-state index in [0.29, 0.717) is 11.0 Å². The molecule has 108 valence electrons. The smallest absolute Gasteiger partial charge is 0.137 e. The van der Waals surface area contributed by atoms with E-state index < -0.39 is 0 Å². The predicted octanol–water partition coefficient (Wildman–Crippen LogP) is 5.19. The zero-order chi connectivity index (χ0) is 14.8. The maximum absolute atomic E-state index is 13.2. The lowest BCUT2D eigenvalue weighted by Crippen LogP contribution is -2.17. The van der Waals surface area contributed by atoms with Crippen LogP contribution in [-0.4, -0.2) is 0 Å². The summed E-state index contributed by atoms with van der Waals surface area (Å²) in [4.78, 5) is 0. The molecule has 0 saturated carbocycles. The molecule has 1 unspecified atom stereocenters. The van der Waals surface area contributed by atoms with Crippen molar-refractivity contribution in [1.82, 2.24) is 5.32 Å². The van der Waals surface area contributed by atoms with Crippen molar-refractivity contribution < 1.29 is 8.81 Å². The standard InChI is InChI=1S/C17H15BrFNO/c1-11(17-9-13-4-2-3-5-16(13)21-17)20-10-12-6-7-15(19)14(18)8-12/h2-9,11,20H,10H2,1H3. The number of nitrogens with one attached hydrogen (secondary N) is 1. The summed E-state index contributed by atoms with van der Waals surface area (Å²) in [5.74, 6) is 0.654. The molecule has 0 spiro atoms. The molecule has 0 aliphatic heterocycles. The Balaban J connectivity index is 1.70. The number of hydrogen-bond acceptors (Lipinski definition) is 2. The van der Waals surface area contributed by atoms with Crippen LogP contribution in [0.4, 0.5) is 4.39 Å². The Morgan fingerprint density at radius 1 is 1.19 bits per heavy atom. The van der Waals surface area contributed by atoms with Crippen LogP contribution < -0.4 is 5.32 Å². The molecular formula is C17H15BrFNO. The number of benzene rings is 2. The summed E-state index contributed by atoms with van der Waals surface area (Å²) < 4.78 is 19.5. The van der Waals surface area contributed by atoms with Crippen LogP contribution in [-0.2, 0) is 6.54 Å². The fourth-order valence-corrected chi connectivity index (χ4v) is 2.66. The largest absolute Gasteiger partial charge is 0.459 e. The van der Waals surface area contributed by atoms with Gasteiger partial charge in [0, 0.05) is 11.9 Å². The lowest BCUT2D eigenvalue weighted by atomic mass is 10.2. The van der Waals surface area contributed by atoms with Crippen molar-refractivity contribution in [3.05, 3.63) is 70.1 Å². The van der Waals surface area contributed by atoms with Gasteiger partial charge in [0.2, 0.25) is 0 Å². The topological polar surface area (TPSA) is 25.2 Å². The van der Waals surface area contributed by atoms with Crippen molar-refractivity contribution in [3.8, 4) is 0 Å².